The first-order chi connectivity index (χ1) is 28.3. The summed E-state index contributed by atoms with van der Waals surface area (Å²) in [6.07, 6.45) is 1.85. The molecule has 4 heteroatoms. The maximum Gasteiger partial charge on any atom is 0.137 e. The molecule has 0 saturated heterocycles. The van der Waals surface area contributed by atoms with Gasteiger partial charge in [0.05, 0.1) is 22.1 Å². The van der Waals surface area contributed by atoms with E-state index in [2.05, 4.69) is 219 Å². The molecule has 0 aliphatic rings. The van der Waals surface area contributed by atoms with Gasteiger partial charge in [0.25, 0.3) is 0 Å². The summed E-state index contributed by atoms with van der Waals surface area (Å²) in [5.41, 5.74) is 13.9. The van der Waals surface area contributed by atoms with E-state index >= 15 is 0 Å². The highest BCUT2D eigenvalue weighted by Gasteiger charge is 2.17. The molecular formula is C53H36N4. The van der Waals surface area contributed by atoms with Crippen molar-refractivity contribution in [3.8, 4) is 33.8 Å². The van der Waals surface area contributed by atoms with Crippen molar-refractivity contribution in [1.29, 1.82) is 0 Å². The second-order valence-corrected chi connectivity index (χ2v) is 14.5. The second-order valence-electron chi connectivity index (χ2n) is 14.5. The highest BCUT2D eigenvalue weighted by atomic mass is 15.1. The molecule has 0 unspecified atom stereocenters. The van der Waals surface area contributed by atoms with Crippen molar-refractivity contribution in [3.63, 3.8) is 0 Å². The zero-order chi connectivity index (χ0) is 37.7. The molecule has 0 aliphatic carbocycles. The molecule has 4 nitrogen and oxygen atoms in total. The summed E-state index contributed by atoms with van der Waals surface area (Å²) in [7, 11) is 0. The van der Waals surface area contributed by atoms with Crippen molar-refractivity contribution in [2.75, 3.05) is 4.90 Å². The predicted octanol–water partition coefficient (Wildman–Crippen LogP) is 14.1. The lowest BCUT2D eigenvalue weighted by Crippen LogP contribution is -2.09. The Labute approximate surface area is 330 Å². The Hall–Kier alpha value is -7.69. The van der Waals surface area contributed by atoms with Crippen LogP contribution < -0.4 is 4.90 Å². The maximum atomic E-state index is 4.69. The molecule has 0 radical (unpaired) electrons. The Balaban J connectivity index is 0.945. The van der Waals surface area contributed by atoms with Gasteiger partial charge in [0.2, 0.25) is 0 Å². The number of hydrogen-bond donors (Lipinski definition) is 0. The van der Waals surface area contributed by atoms with Gasteiger partial charge in [-0.1, -0.05) is 115 Å². The Bertz CT molecular complexity index is 3000. The molecule has 57 heavy (non-hydrogen) atoms. The quantitative estimate of drug-likeness (QED) is 0.163. The van der Waals surface area contributed by atoms with Crippen LogP contribution in [0.5, 0.6) is 0 Å². The molecule has 268 valence electrons. The van der Waals surface area contributed by atoms with E-state index in [1.165, 1.54) is 60.5 Å². The summed E-state index contributed by atoms with van der Waals surface area (Å²) in [5.74, 6) is 0.920. The number of rotatable bonds is 7. The number of anilines is 3. The van der Waals surface area contributed by atoms with Crippen LogP contribution in [0.25, 0.3) is 77.4 Å². The van der Waals surface area contributed by atoms with Crippen molar-refractivity contribution in [1.82, 2.24) is 14.1 Å². The van der Waals surface area contributed by atoms with E-state index in [1.807, 2.05) is 18.3 Å². The molecule has 0 amide bonds. The average molecular weight is 729 g/mol. The number of hydrogen-bond acceptors (Lipinski definition) is 2. The second kappa shape index (κ2) is 13.6. The third-order valence-electron chi connectivity index (χ3n) is 11.2. The lowest BCUT2D eigenvalue weighted by Gasteiger charge is -2.26. The van der Waals surface area contributed by atoms with E-state index in [0.717, 1.165) is 33.9 Å². The molecular weight excluding hydrogens is 693 g/mol. The zero-order valence-corrected chi connectivity index (χ0v) is 31.1. The van der Waals surface area contributed by atoms with E-state index in [9.17, 15) is 0 Å². The predicted molar refractivity (Wildman–Crippen MR) is 238 cm³/mol. The van der Waals surface area contributed by atoms with Gasteiger partial charge < -0.3 is 9.47 Å². The normalized spacial score (nSPS) is 11.5. The van der Waals surface area contributed by atoms with Gasteiger partial charge in [0.1, 0.15) is 5.82 Å². The first kappa shape index (κ1) is 32.7. The third kappa shape index (κ3) is 5.58. The first-order valence-electron chi connectivity index (χ1n) is 19.4. The van der Waals surface area contributed by atoms with Gasteiger partial charge in [-0.15, -0.1) is 0 Å². The van der Waals surface area contributed by atoms with E-state index < -0.39 is 0 Å². The largest absolute Gasteiger partial charge is 0.311 e. The smallest absolute Gasteiger partial charge is 0.137 e. The van der Waals surface area contributed by atoms with Gasteiger partial charge in [0, 0.05) is 50.5 Å². The summed E-state index contributed by atoms with van der Waals surface area (Å²) in [5, 5.41) is 4.93. The van der Waals surface area contributed by atoms with Gasteiger partial charge in [-0.05, 0) is 119 Å². The van der Waals surface area contributed by atoms with E-state index in [1.54, 1.807) is 0 Å². The number of nitrogens with zero attached hydrogens (tertiary/aromatic N) is 4. The van der Waals surface area contributed by atoms with Gasteiger partial charge in [-0.25, -0.2) is 4.98 Å². The van der Waals surface area contributed by atoms with E-state index in [-0.39, 0.29) is 0 Å². The Kier molecular flexibility index (Phi) is 7.78. The summed E-state index contributed by atoms with van der Waals surface area (Å²) < 4.78 is 4.62. The summed E-state index contributed by atoms with van der Waals surface area (Å²) in [4.78, 5) is 7.01. The Morgan fingerprint density at radius 1 is 0.316 bits per heavy atom. The third-order valence-corrected chi connectivity index (χ3v) is 11.2. The van der Waals surface area contributed by atoms with Crippen LogP contribution in [0.15, 0.2) is 219 Å². The fraction of sp³-hybridized carbons (Fsp3) is 0. The molecule has 0 saturated carbocycles. The lowest BCUT2D eigenvalue weighted by atomic mass is 10.0. The minimum atomic E-state index is 0.920. The Morgan fingerprint density at radius 3 is 1.32 bits per heavy atom. The summed E-state index contributed by atoms with van der Waals surface area (Å²) >= 11 is 0. The monoisotopic (exact) mass is 728 g/mol. The van der Waals surface area contributed by atoms with E-state index in [4.69, 9.17) is 0 Å². The lowest BCUT2D eigenvalue weighted by molar-refractivity contribution is 1.08. The number of benzene rings is 8. The van der Waals surface area contributed by atoms with Gasteiger partial charge in [-0.2, -0.15) is 0 Å². The fourth-order valence-corrected chi connectivity index (χ4v) is 8.52. The number of para-hydroxylation sites is 4. The number of pyridine rings is 1. The standard InChI is InChI=1S/C53H36N4/c1-3-13-41(14-4-1)55(43-28-22-37(23-29-43)39-26-32-51-47(35-39)45-17-7-9-19-49(45)56(51)42-15-5-2-6-16-42)44-30-24-38(25-31-44)40-27-33-52-48(36-40)46-18-8-10-20-50(46)57(52)53-21-11-12-34-54-53/h1-36H. The minimum absolute atomic E-state index is 0.920. The molecule has 11 aromatic rings. The van der Waals surface area contributed by atoms with Crippen molar-refractivity contribution >= 4 is 60.7 Å². The SMILES string of the molecule is c1ccc(N(c2ccc(-c3ccc4c(c3)c3ccccc3n4-c3ccccc3)cc2)c2ccc(-c3ccc4c(c3)c3ccccc3n4-c3ccccn3)cc2)cc1. The Morgan fingerprint density at radius 2 is 0.754 bits per heavy atom. The van der Waals surface area contributed by atoms with Crippen molar-refractivity contribution in [2.24, 2.45) is 0 Å². The topological polar surface area (TPSA) is 26.0 Å². The van der Waals surface area contributed by atoms with Crippen LogP contribution in [0, 0.1) is 0 Å². The first-order valence-corrected chi connectivity index (χ1v) is 19.4. The minimum Gasteiger partial charge on any atom is -0.311 e. The number of fused-ring (bicyclic) bond motifs is 6. The zero-order valence-electron chi connectivity index (χ0n) is 31.1. The summed E-state index contributed by atoms with van der Waals surface area (Å²) in [6, 6.07) is 76.1. The van der Waals surface area contributed by atoms with Crippen molar-refractivity contribution in [2.45, 2.75) is 0 Å². The highest BCUT2D eigenvalue weighted by Crippen LogP contribution is 2.40. The average Bonchev–Trinajstić information content (AvgIpc) is 3.80. The van der Waals surface area contributed by atoms with E-state index in [0.29, 0.717) is 0 Å². The molecule has 0 aliphatic heterocycles. The summed E-state index contributed by atoms with van der Waals surface area (Å²) in [6.45, 7) is 0. The van der Waals surface area contributed by atoms with Gasteiger partial charge in [-0.3, -0.25) is 4.57 Å². The van der Waals surface area contributed by atoms with Crippen molar-refractivity contribution in [3.05, 3.63) is 219 Å². The molecule has 3 heterocycles. The van der Waals surface area contributed by atoms with Crippen LogP contribution in [-0.2, 0) is 0 Å². The van der Waals surface area contributed by atoms with Crippen LogP contribution >= 0.6 is 0 Å². The van der Waals surface area contributed by atoms with Crippen LogP contribution in [-0.4, -0.2) is 14.1 Å². The molecule has 0 spiro atoms. The van der Waals surface area contributed by atoms with Crippen molar-refractivity contribution < 1.29 is 0 Å². The molecule has 0 fully saturated rings. The molecule has 0 atom stereocenters. The maximum absolute atomic E-state index is 4.69. The molecule has 11 rings (SSSR count). The number of aromatic nitrogens is 3. The molecule has 0 bridgehead atoms. The molecule has 0 N–H and O–H groups in total. The van der Waals surface area contributed by atoms with Crippen LogP contribution in [0.3, 0.4) is 0 Å². The highest BCUT2D eigenvalue weighted by molar-refractivity contribution is 6.11. The van der Waals surface area contributed by atoms with Crippen LogP contribution in [0.4, 0.5) is 17.1 Å². The molecule has 8 aromatic carbocycles. The van der Waals surface area contributed by atoms with Gasteiger partial charge in [0.15, 0.2) is 0 Å². The van der Waals surface area contributed by atoms with Crippen LogP contribution in [0.2, 0.25) is 0 Å². The van der Waals surface area contributed by atoms with Gasteiger partial charge >= 0.3 is 0 Å². The molecule has 3 aromatic heterocycles. The van der Waals surface area contributed by atoms with Crippen LogP contribution in [0.1, 0.15) is 0 Å². The fourth-order valence-electron chi connectivity index (χ4n) is 8.52.